The van der Waals surface area contributed by atoms with Gasteiger partial charge in [0.15, 0.2) is 11.5 Å². The number of nitrogens with one attached hydrogen (secondary N) is 1. The quantitative estimate of drug-likeness (QED) is 0.401. The summed E-state index contributed by atoms with van der Waals surface area (Å²) >= 11 is 0. The van der Waals surface area contributed by atoms with Gasteiger partial charge in [0.05, 0.1) is 0 Å². The maximum absolute atomic E-state index is 12.6. The molecule has 0 bridgehead atoms. The highest BCUT2D eigenvalue weighted by molar-refractivity contribution is 5.97. The van der Waals surface area contributed by atoms with Crippen molar-refractivity contribution in [1.29, 1.82) is 0 Å². The summed E-state index contributed by atoms with van der Waals surface area (Å²) in [6.45, 7) is 3.73. The zero-order chi connectivity index (χ0) is 22.5. The molecule has 0 fully saturated rings. The van der Waals surface area contributed by atoms with Crippen molar-refractivity contribution in [3.05, 3.63) is 101 Å². The van der Waals surface area contributed by atoms with Gasteiger partial charge in [0.2, 0.25) is 0 Å². The van der Waals surface area contributed by atoms with E-state index in [0.717, 1.165) is 50.8 Å². The van der Waals surface area contributed by atoms with Crippen LogP contribution in [0.15, 0.2) is 77.2 Å². The van der Waals surface area contributed by atoms with Gasteiger partial charge in [0, 0.05) is 38.2 Å². The summed E-state index contributed by atoms with van der Waals surface area (Å²) in [5.74, 6) is 0.637. The third-order valence-electron chi connectivity index (χ3n) is 6.31. The first-order valence-electron chi connectivity index (χ1n) is 11.8. The van der Waals surface area contributed by atoms with Crippen LogP contribution >= 0.6 is 0 Å². The molecule has 5 heteroatoms. The van der Waals surface area contributed by atoms with Gasteiger partial charge in [-0.2, -0.15) is 0 Å². The lowest BCUT2D eigenvalue weighted by molar-refractivity contribution is 0.0951. The van der Waals surface area contributed by atoms with E-state index in [1.807, 2.05) is 30.3 Å². The van der Waals surface area contributed by atoms with Crippen LogP contribution in [-0.4, -0.2) is 35.4 Å². The van der Waals surface area contributed by atoms with Gasteiger partial charge in [0.1, 0.15) is 5.52 Å². The molecule has 3 aromatic carbocycles. The molecule has 168 valence electrons. The second kappa shape index (κ2) is 10.0. The largest absolute Gasteiger partial charge is 0.441 e. The molecule has 0 aliphatic carbocycles. The van der Waals surface area contributed by atoms with E-state index in [0.29, 0.717) is 23.6 Å². The molecule has 0 atom stereocenters. The Morgan fingerprint density at radius 2 is 1.79 bits per heavy atom. The maximum Gasteiger partial charge on any atom is 0.251 e. The molecule has 5 rings (SSSR count). The number of hydrogen-bond donors (Lipinski definition) is 1. The second-order valence-electron chi connectivity index (χ2n) is 8.68. The molecule has 33 heavy (non-hydrogen) atoms. The van der Waals surface area contributed by atoms with Crippen LogP contribution in [0.4, 0.5) is 0 Å². The fourth-order valence-corrected chi connectivity index (χ4v) is 4.47. The van der Waals surface area contributed by atoms with Gasteiger partial charge in [0.25, 0.3) is 5.91 Å². The van der Waals surface area contributed by atoms with Crippen molar-refractivity contribution < 1.29 is 9.21 Å². The highest BCUT2D eigenvalue weighted by atomic mass is 16.3. The van der Waals surface area contributed by atoms with E-state index < -0.39 is 0 Å². The molecule has 0 saturated carbocycles. The minimum Gasteiger partial charge on any atom is -0.441 e. The Morgan fingerprint density at radius 1 is 0.970 bits per heavy atom. The van der Waals surface area contributed by atoms with Crippen molar-refractivity contribution in [1.82, 2.24) is 15.2 Å². The van der Waals surface area contributed by atoms with Gasteiger partial charge in [-0.25, -0.2) is 4.98 Å². The number of nitrogens with zero attached hydrogens (tertiary/aromatic N) is 2. The Labute approximate surface area is 194 Å². The zero-order valence-corrected chi connectivity index (χ0v) is 18.8. The smallest absolute Gasteiger partial charge is 0.251 e. The standard InChI is InChI=1S/C28H29N3O2/c32-28(29-16-6-17-31-18-15-22-9-4-5-10-24(22)20-31)23-12-13-25-26(19-23)33-27(30-25)14-11-21-7-2-1-3-8-21/h1-5,7-10,12-13,19H,6,11,14-18,20H2,(H,29,32). The van der Waals surface area contributed by atoms with Crippen molar-refractivity contribution in [3.63, 3.8) is 0 Å². The normalized spacial score (nSPS) is 13.7. The molecule has 1 aromatic heterocycles. The number of fused-ring (bicyclic) bond motifs is 2. The molecule has 0 unspecified atom stereocenters. The van der Waals surface area contributed by atoms with E-state index in [-0.39, 0.29) is 5.91 Å². The number of carbonyl (C=O) groups excluding carboxylic acids is 1. The monoisotopic (exact) mass is 439 g/mol. The number of aromatic nitrogens is 1. The summed E-state index contributed by atoms with van der Waals surface area (Å²) < 4.78 is 5.92. The first-order valence-corrected chi connectivity index (χ1v) is 11.8. The molecule has 5 nitrogen and oxygen atoms in total. The van der Waals surface area contributed by atoms with Crippen molar-refractivity contribution >= 4 is 17.0 Å². The predicted molar refractivity (Wildman–Crippen MR) is 130 cm³/mol. The average Bonchev–Trinajstić information content (AvgIpc) is 3.28. The highest BCUT2D eigenvalue weighted by Crippen LogP contribution is 2.20. The summed E-state index contributed by atoms with van der Waals surface area (Å²) in [5.41, 5.74) is 6.22. The lowest BCUT2D eigenvalue weighted by Crippen LogP contribution is -2.33. The van der Waals surface area contributed by atoms with E-state index in [4.69, 9.17) is 4.42 Å². The number of carbonyl (C=O) groups is 1. The van der Waals surface area contributed by atoms with Gasteiger partial charge in [-0.05, 0) is 54.2 Å². The number of oxazole rings is 1. The number of aryl methyl sites for hydroxylation is 2. The molecule has 0 saturated heterocycles. The minimum absolute atomic E-state index is 0.0666. The molecule has 4 aromatic rings. The Bertz CT molecular complexity index is 1230. The number of amides is 1. The van der Waals surface area contributed by atoms with Crippen LogP contribution in [0.2, 0.25) is 0 Å². The van der Waals surface area contributed by atoms with Gasteiger partial charge in [-0.15, -0.1) is 0 Å². The summed E-state index contributed by atoms with van der Waals surface area (Å²) in [6, 6.07) is 24.5. The first kappa shape index (κ1) is 21.4. The predicted octanol–water partition coefficient (Wildman–Crippen LogP) is 4.79. The topological polar surface area (TPSA) is 58.4 Å². The molecule has 1 aliphatic heterocycles. The van der Waals surface area contributed by atoms with Gasteiger partial charge >= 0.3 is 0 Å². The van der Waals surface area contributed by atoms with E-state index >= 15 is 0 Å². The Kier molecular flexibility index (Phi) is 6.49. The van der Waals surface area contributed by atoms with Crippen molar-refractivity contribution in [2.45, 2.75) is 32.2 Å². The lowest BCUT2D eigenvalue weighted by Gasteiger charge is -2.28. The number of rotatable bonds is 8. The Hall–Kier alpha value is -3.44. The maximum atomic E-state index is 12.6. The van der Waals surface area contributed by atoms with Crippen LogP contribution in [0.1, 0.15) is 39.4 Å². The van der Waals surface area contributed by atoms with Crippen molar-refractivity contribution in [2.75, 3.05) is 19.6 Å². The third-order valence-corrected chi connectivity index (χ3v) is 6.31. The Morgan fingerprint density at radius 3 is 2.67 bits per heavy atom. The lowest BCUT2D eigenvalue weighted by atomic mass is 10.00. The van der Waals surface area contributed by atoms with Crippen LogP contribution in [0.5, 0.6) is 0 Å². The molecule has 0 spiro atoms. The molecular weight excluding hydrogens is 410 g/mol. The molecular formula is C28H29N3O2. The van der Waals surface area contributed by atoms with Gasteiger partial charge < -0.3 is 9.73 Å². The fourth-order valence-electron chi connectivity index (χ4n) is 4.47. The van der Waals surface area contributed by atoms with Crippen LogP contribution in [-0.2, 0) is 25.8 Å². The molecule has 1 aliphatic rings. The molecule has 1 N–H and O–H groups in total. The van der Waals surface area contributed by atoms with Crippen LogP contribution in [0.3, 0.4) is 0 Å². The second-order valence-corrected chi connectivity index (χ2v) is 8.68. The summed E-state index contributed by atoms with van der Waals surface area (Å²) in [7, 11) is 0. The molecule has 0 radical (unpaired) electrons. The minimum atomic E-state index is -0.0666. The fraction of sp³-hybridized carbons (Fsp3) is 0.286. The summed E-state index contributed by atoms with van der Waals surface area (Å²) in [5, 5.41) is 3.05. The van der Waals surface area contributed by atoms with E-state index in [9.17, 15) is 4.79 Å². The van der Waals surface area contributed by atoms with E-state index in [1.54, 1.807) is 6.07 Å². The summed E-state index contributed by atoms with van der Waals surface area (Å²) in [6.07, 6.45) is 3.65. The SMILES string of the molecule is O=C(NCCCN1CCc2ccccc2C1)c1ccc2nc(CCc3ccccc3)oc2c1. The van der Waals surface area contributed by atoms with Crippen molar-refractivity contribution in [3.8, 4) is 0 Å². The van der Waals surface area contributed by atoms with Gasteiger partial charge in [-0.1, -0.05) is 54.6 Å². The van der Waals surface area contributed by atoms with Crippen molar-refractivity contribution in [2.24, 2.45) is 0 Å². The van der Waals surface area contributed by atoms with Crippen LogP contribution in [0, 0.1) is 0 Å². The average molecular weight is 440 g/mol. The number of benzene rings is 3. The number of hydrogen-bond acceptors (Lipinski definition) is 4. The molecule has 2 heterocycles. The highest BCUT2D eigenvalue weighted by Gasteiger charge is 2.15. The Balaban J connectivity index is 1.11. The first-order chi connectivity index (χ1) is 16.2. The third kappa shape index (κ3) is 5.32. The van der Waals surface area contributed by atoms with Crippen LogP contribution < -0.4 is 5.32 Å². The molecule has 1 amide bonds. The van der Waals surface area contributed by atoms with Gasteiger partial charge in [-0.3, -0.25) is 9.69 Å². The van der Waals surface area contributed by atoms with Crippen LogP contribution in [0.25, 0.3) is 11.1 Å². The van der Waals surface area contributed by atoms with E-state index in [1.165, 1.54) is 16.7 Å². The zero-order valence-electron chi connectivity index (χ0n) is 18.8. The summed E-state index contributed by atoms with van der Waals surface area (Å²) in [4.78, 5) is 19.7. The van der Waals surface area contributed by atoms with E-state index in [2.05, 4.69) is 51.6 Å².